The van der Waals surface area contributed by atoms with Crippen LogP contribution in [0, 0.1) is 12.8 Å². The summed E-state index contributed by atoms with van der Waals surface area (Å²) >= 11 is 1.43. The average molecular weight is 276 g/mol. The van der Waals surface area contributed by atoms with Crippen molar-refractivity contribution in [1.29, 1.82) is 0 Å². The minimum absolute atomic E-state index is 0. The van der Waals surface area contributed by atoms with Gasteiger partial charge >= 0.3 is 0 Å². The van der Waals surface area contributed by atoms with Crippen molar-refractivity contribution >= 4 is 29.7 Å². The van der Waals surface area contributed by atoms with Gasteiger partial charge in [0.05, 0.1) is 11.2 Å². The zero-order valence-corrected chi connectivity index (χ0v) is 11.4. The highest BCUT2D eigenvalue weighted by Crippen LogP contribution is 2.25. The molecule has 0 radical (unpaired) electrons. The molecule has 0 aromatic carbocycles. The molecule has 1 fully saturated rings. The lowest BCUT2D eigenvalue weighted by Crippen LogP contribution is -2.39. The van der Waals surface area contributed by atoms with Crippen LogP contribution in [-0.4, -0.2) is 23.5 Å². The van der Waals surface area contributed by atoms with E-state index in [0.29, 0.717) is 17.3 Å². The molecule has 0 bridgehead atoms. The van der Waals surface area contributed by atoms with Crippen LogP contribution in [0.5, 0.6) is 0 Å². The Morgan fingerprint density at radius 3 is 3.00 bits per heavy atom. The fourth-order valence-corrected chi connectivity index (χ4v) is 2.90. The third-order valence-electron chi connectivity index (χ3n) is 3.12. The van der Waals surface area contributed by atoms with Gasteiger partial charge < -0.3 is 11.1 Å². The molecule has 1 aliphatic rings. The molecule has 2 atom stereocenters. The summed E-state index contributed by atoms with van der Waals surface area (Å²) in [5, 5.41) is 3.98. The first-order valence-electron chi connectivity index (χ1n) is 5.64. The third kappa shape index (κ3) is 3.40. The van der Waals surface area contributed by atoms with Crippen LogP contribution in [0.2, 0.25) is 0 Å². The number of nitrogens with one attached hydrogen (secondary N) is 1. The molecule has 4 nitrogen and oxygen atoms in total. The van der Waals surface area contributed by atoms with Crippen LogP contribution in [0.15, 0.2) is 6.20 Å². The molecule has 1 saturated carbocycles. The van der Waals surface area contributed by atoms with Crippen molar-refractivity contribution in [2.75, 3.05) is 6.54 Å². The monoisotopic (exact) mass is 275 g/mol. The number of thiazole rings is 1. The quantitative estimate of drug-likeness (QED) is 0.883. The van der Waals surface area contributed by atoms with Crippen LogP contribution < -0.4 is 11.1 Å². The second-order valence-electron chi connectivity index (χ2n) is 4.25. The van der Waals surface area contributed by atoms with Gasteiger partial charge in [-0.2, -0.15) is 0 Å². The first-order chi connectivity index (χ1) is 7.70. The zero-order chi connectivity index (χ0) is 11.5. The van der Waals surface area contributed by atoms with Gasteiger partial charge in [-0.3, -0.25) is 4.79 Å². The predicted molar refractivity (Wildman–Crippen MR) is 71.7 cm³/mol. The molecule has 2 rings (SSSR count). The highest BCUT2D eigenvalue weighted by atomic mass is 35.5. The number of hydrogen-bond donors (Lipinski definition) is 2. The lowest BCUT2D eigenvalue weighted by molar-refractivity contribution is 0.0932. The smallest absolute Gasteiger partial charge is 0.263 e. The van der Waals surface area contributed by atoms with Crippen molar-refractivity contribution < 1.29 is 4.79 Å². The number of carbonyl (C=O) groups is 1. The number of carbonyl (C=O) groups excluding carboxylic acids is 1. The van der Waals surface area contributed by atoms with Crippen LogP contribution in [0.1, 0.15) is 33.9 Å². The predicted octanol–water partition coefficient (Wildman–Crippen LogP) is 1.73. The second kappa shape index (κ2) is 6.33. The number of halogens is 1. The van der Waals surface area contributed by atoms with Gasteiger partial charge in [0.25, 0.3) is 5.91 Å². The van der Waals surface area contributed by atoms with E-state index in [2.05, 4.69) is 10.3 Å². The first-order valence-corrected chi connectivity index (χ1v) is 6.45. The van der Waals surface area contributed by atoms with Crippen molar-refractivity contribution in [3.8, 4) is 0 Å². The Hall–Kier alpha value is -0.650. The molecular formula is C11H18ClN3OS. The normalized spacial score (nSPS) is 23.2. The highest BCUT2D eigenvalue weighted by molar-refractivity contribution is 7.13. The highest BCUT2D eigenvalue weighted by Gasteiger charge is 2.27. The van der Waals surface area contributed by atoms with Crippen LogP contribution in [0.4, 0.5) is 0 Å². The summed E-state index contributed by atoms with van der Waals surface area (Å²) in [4.78, 5) is 16.7. The summed E-state index contributed by atoms with van der Waals surface area (Å²) in [6.45, 7) is 2.56. The van der Waals surface area contributed by atoms with Gasteiger partial charge in [0.2, 0.25) is 0 Å². The maximum atomic E-state index is 11.9. The van der Waals surface area contributed by atoms with Gasteiger partial charge in [-0.05, 0) is 32.2 Å². The number of nitrogens with zero attached hydrogens (tertiary/aromatic N) is 1. The summed E-state index contributed by atoms with van der Waals surface area (Å²) in [7, 11) is 0. The van der Waals surface area contributed by atoms with Gasteiger partial charge in [0, 0.05) is 6.04 Å². The molecule has 1 heterocycles. The lowest BCUT2D eigenvalue weighted by atomic mass is 10.0. The van der Waals surface area contributed by atoms with E-state index in [1.54, 1.807) is 6.20 Å². The molecular weight excluding hydrogens is 258 g/mol. The Labute approximate surface area is 111 Å². The Morgan fingerprint density at radius 2 is 2.41 bits per heavy atom. The first kappa shape index (κ1) is 14.4. The third-order valence-corrected chi connectivity index (χ3v) is 4.03. The fourth-order valence-electron chi connectivity index (χ4n) is 2.21. The zero-order valence-electron chi connectivity index (χ0n) is 9.81. The van der Waals surface area contributed by atoms with E-state index < -0.39 is 0 Å². The van der Waals surface area contributed by atoms with E-state index in [4.69, 9.17) is 5.73 Å². The largest absolute Gasteiger partial charge is 0.348 e. The summed E-state index contributed by atoms with van der Waals surface area (Å²) < 4.78 is 0. The summed E-state index contributed by atoms with van der Waals surface area (Å²) in [6, 6.07) is 0.250. The molecule has 3 N–H and O–H groups in total. The number of amides is 1. The van der Waals surface area contributed by atoms with E-state index in [-0.39, 0.29) is 24.4 Å². The SMILES string of the molecule is Cc1ncc(C(=O)NC2CCCC2CN)s1.Cl. The second-order valence-corrected chi connectivity index (χ2v) is 5.48. The van der Waals surface area contributed by atoms with Gasteiger partial charge in [-0.15, -0.1) is 23.7 Å². The Kier molecular flexibility index (Phi) is 5.36. The molecule has 0 spiro atoms. The summed E-state index contributed by atoms with van der Waals surface area (Å²) in [6.07, 6.45) is 4.98. The van der Waals surface area contributed by atoms with Crippen molar-refractivity contribution in [1.82, 2.24) is 10.3 Å². The van der Waals surface area contributed by atoms with E-state index in [9.17, 15) is 4.79 Å². The van der Waals surface area contributed by atoms with E-state index in [1.165, 1.54) is 11.3 Å². The molecule has 6 heteroatoms. The molecule has 96 valence electrons. The van der Waals surface area contributed by atoms with Gasteiger partial charge in [-0.25, -0.2) is 4.98 Å². The Balaban J connectivity index is 0.00000144. The molecule has 17 heavy (non-hydrogen) atoms. The number of nitrogens with two attached hydrogens (primary N) is 1. The average Bonchev–Trinajstić information content (AvgIpc) is 2.86. The van der Waals surface area contributed by atoms with Gasteiger partial charge in [-0.1, -0.05) is 6.42 Å². The molecule has 0 aliphatic heterocycles. The number of aryl methyl sites for hydroxylation is 1. The standard InChI is InChI=1S/C11H17N3OS.ClH/c1-7-13-6-10(16-7)11(15)14-9-4-2-3-8(9)5-12;/h6,8-9H,2-5,12H2,1H3,(H,14,15);1H. The lowest BCUT2D eigenvalue weighted by Gasteiger charge is -2.18. The van der Waals surface area contributed by atoms with E-state index in [1.807, 2.05) is 6.92 Å². The van der Waals surface area contributed by atoms with Gasteiger partial charge in [0.1, 0.15) is 4.88 Å². The topological polar surface area (TPSA) is 68.0 Å². The van der Waals surface area contributed by atoms with Crippen molar-refractivity contribution in [2.24, 2.45) is 11.7 Å². The van der Waals surface area contributed by atoms with Crippen molar-refractivity contribution in [3.05, 3.63) is 16.1 Å². The molecule has 0 saturated heterocycles. The van der Waals surface area contributed by atoms with Gasteiger partial charge in [0.15, 0.2) is 0 Å². The molecule has 1 amide bonds. The number of hydrogen-bond acceptors (Lipinski definition) is 4. The van der Waals surface area contributed by atoms with E-state index in [0.717, 1.165) is 24.3 Å². The fraction of sp³-hybridized carbons (Fsp3) is 0.636. The van der Waals surface area contributed by atoms with Crippen LogP contribution in [0.25, 0.3) is 0 Å². The maximum Gasteiger partial charge on any atom is 0.263 e. The number of aromatic nitrogens is 1. The molecule has 1 aliphatic carbocycles. The molecule has 2 unspecified atom stereocenters. The van der Waals surface area contributed by atoms with Crippen LogP contribution in [-0.2, 0) is 0 Å². The van der Waals surface area contributed by atoms with Crippen molar-refractivity contribution in [3.63, 3.8) is 0 Å². The Bertz CT molecular complexity index is 383. The molecule has 1 aromatic rings. The minimum atomic E-state index is -0.00375. The van der Waals surface area contributed by atoms with Crippen LogP contribution >= 0.6 is 23.7 Å². The van der Waals surface area contributed by atoms with Crippen molar-refractivity contribution in [2.45, 2.75) is 32.2 Å². The Morgan fingerprint density at radius 1 is 1.65 bits per heavy atom. The van der Waals surface area contributed by atoms with E-state index >= 15 is 0 Å². The minimum Gasteiger partial charge on any atom is -0.348 e. The summed E-state index contributed by atoms with van der Waals surface area (Å²) in [5.41, 5.74) is 5.68. The summed E-state index contributed by atoms with van der Waals surface area (Å²) in [5.74, 6) is 0.439. The number of rotatable bonds is 3. The molecule has 1 aromatic heterocycles. The maximum absolute atomic E-state index is 11.9. The van der Waals surface area contributed by atoms with Crippen LogP contribution in [0.3, 0.4) is 0 Å².